The Morgan fingerprint density at radius 1 is 1.13 bits per heavy atom. The van der Waals surface area contributed by atoms with Crippen molar-refractivity contribution in [3.05, 3.63) is 88.6 Å². The molecule has 1 saturated heterocycles. The average molecular weight is 430 g/mol. The quantitative estimate of drug-likeness (QED) is 0.509. The maximum atomic E-state index is 12.8. The van der Waals surface area contributed by atoms with Crippen molar-refractivity contribution in [2.24, 2.45) is 4.99 Å². The zero-order chi connectivity index (χ0) is 21.0. The van der Waals surface area contributed by atoms with Crippen LogP contribution in [-0.4, -0.2) is 38.4 Å². The third-order valence-electron chi connectivity index (χ3n) is 5.44. The Bertz CT molecular complexity index is 1230. The van der Waals surface area contributed by atoms with E-state index in [1.807, 2.05) is 59.8 Å². The fraction of sp³-hybridized carbons (Fsp3) is 0.208. The van der Waals surface area contributed by atoms with Crippen molar-refractivity contribution in [2.75, 3.05) is 13.1 Å². The molecule has 4 aromatic rings. The summed E-state index contributed by atoms with van der Waals surface area (Å²) < 4.78 is 2.18. The molecule has 31 heavy (non-hydrogen) atoms. The highest BCUT2D eigenvalue weighted by Crippen LogP contribution is 2.24. The van der Waals surface area contributed by atoms with E-state index in [2.05, 4.69) is 26.0 Å². The Kier molecular flexibility index (Phi) is 5.50. The molecule has 0 saturated carbocycles. The zero-order valence-corrected chi connectivity index (χ0v) is 17.9. The minimum Gasteiger partial charge on any atom is -0.357 e. The lowest BCUT2D eigenvalue weighted by atomic mass is 10.2. The minimum absolute atomic E-state index is 0.0759. The van der Waals surface area contributed by atoms with Gasteiger partial charge in [0.15, 0.2) is 4.80 Å². The molecule has 1 aliphatic heterocycles. The number of rotatable bonds is 5. The Balaban J connectivity index is 1.54. The van der Waals surface area contributed by atoms with E-state index in [0.717, 1.165) is 53.2 Å². The van der Waals surface area contributed by atoms with Crippen LogP contribution in [0.15, 0.2) is 77.5 Å². The van der Waals surface area contributed by atoms with Gasteiger partial charge in [-0.2, -0.15) is 0 Å². The number of nitrogens with zero attached hydrogens (tertiary/aromatic N) is 4. The number of carbonyl (C=O) groups excluding carboxylic acids is 1. The summed E-state index contributed by atoms with van der Waals surface area (Å²) in [7, 11) is 0. The zero-order valence-electron chi connectivity index (χ0n) is 17.1. The van der Waals surface area contributed by atoms with Crippen LogP contribution in [0.1, 0.15) is 28.9 Å². The van der Waals surface area contributed by atoms with Gasteiger partial charge in [-0.25, -0.2) is 4.99 Å². The molecule has 0 radical (unpaired) electrons. The van der Waals surface area contributed by atoms with Gasteiger partial charge in [0.25, 0.3) is 5.91 Å². The Labute approximate surface area is 184 Å². The number of H-pyrrole nitrogens is 1. The van der Waals surface area contributed by atoms with E-state index in [0.29, 0.717) is 12.2 Å². The average Bonchev–Trinajstić information content (AvgIpc) is 3.57. The first kappa shape index (κ1) is 19.5. The van der Waals surface area contributed by atoms with Crippen molar-refractivity contribution in [1.29, 1.82) is 0 Å². The number of nitrogens with one attached hydrogen (secondary N) is 1. The lowest BCUT2D eigenvalue weighted by molar-refractivity contribution is 0.0788. The maximum absolute atomic E-state index is 12.8. The number of aromatic amines is 1. The number of benzene rings is 1. The SMILES string of the molecule is O=C(c1cc(-c2csc(=Nc3ccccc3)n2Cc2cccnc2)c[nH]1)N1CCCC1. The summed E-state index contributed by atoms with van der Waals surface area (Å²) in [6, 6.07) is 15.9. The number of aromatic nitrogens is 3. The molecule has 1 aromatic carbocycles. The standard InChI is InChI=1S/C24H23N5OS/c30-23(28-11-4-5-12-28)21-13-19(15-26-21)22-17-31-24(27-20-8-2-1-3-9-20)29(22)16-18-7-6-10-25-14-18/h1-3,6-10,13-15,17,26H,4-5,11-12,16H2. The number of hydrogen-bond acceptors (Lipinski definition) is 4. The number of amides is 1. The van der Waals surface area contributed by atoms with Crippen molar-refractivity contribution in [2.45, 2.75) is 19.4 Å². The Hall–Kier alpha value is -3.45. The molecule has 0 aliphatic carbocycles. The number of thiazole rings is 1. The van der Waals surface area contributed by atoms with Gasteiger partial charge in [-0.3, -0.25) is 9.78 Å². The second kappa shape index (κ2) is 8.73. The highest BCUT2D eigenvalue weighted by Gasteiger charge is 2.21. The predicted molar refractivity (Wildman–Crippen MR) is 122 cm³/mol. The van der Waals surface area contributed by atoms with Gasteiger partial charge in [-0.15, -0.1) is 11.3 Å². The van der Waals surface area contributed by atoms with E-state index in [-0.39, 0.29) is 5.91 Å². The highest BCUT2D eigenvalue weighted by molar-refractivity contribution is 7.07. The van der Waals surface area contributed by atoms with Gasteiger partial charge >= 0.3 is 0 Å². The molecule has 5 rings (SSSR count). The van der Waals surface area contributed by atoms with Crippen LogP contribution >= 0.6 is 11.3 Å². The molecule has 6 nitrogen and oxygen atoms in total. The normalized spacial score (nSPS) is 14.3. The molecule has 1 aliphatic rings. The second-order valence-electron chi connectivity index (χ2n) is 7.60. The van der Waals surface area contributed by atoms with Crippen molar-refractivity contribution in [1.82, 2.24) is 19.4 Å². The fourth-order valence-electron chi connectivity index (χ4n) is 3.85. The van der Waals surface area contributed by atoms with Crippen molar-refractivity contribution >= 4 is 22.9 Å². The van der Waals surface area contributed by atoms with E-state index >= 15 is 0 Å². The molecule has 3 aromatic heterocycles. The molecule has 1 fully saturated rings. The van der Waals surface area contributed by atoms with Crippen LogP contribution in [-0.2, 0) is 6.54 Å². The molecule has 4 heterocycles. The lowest BCUT2D eigenvalue weighted by Crippen LogP contribution is -2.27. The maximum Gasteiger partial charge on any atom is 0.270 e. The summed E-state index contributed by atoms with van der Waals surface area (Å²) in [6.45, 7) is 2.33. The highest BCUT2D eigenvalue weighted by atomic mass is 32.1. The number of hydrogen-bond donors (Lipinski definition) is 1. The smallest absolute Gasteiger partial charge is 0.270 e. The third kappa shape index (κ3) is 4.22. The van der Waals surface area contributed by atoms with E-state index in [9.17, 15) is 4.79 Å². The predicted octanol–water partition coefficient (Wildman–Crippen LogP) is 4.46. The molecular weight excluding hydrogens is 406 g/mol. The van der Waals surface area contributed by atoms with Gasteiger partial charge in [-0.1, -0.05) is 24.3 Å². The van der Waals surface area contributed by atoms with Gasteiger partial charge in [0.1, 0.15) is 5.69 Å². The Morgan fingerprint density at radius 3 is 2.74 bits per heavy atom. The molecule has 1 amide bonds. The van der Waals surface area contributed by atoms with Crippen LogP contribution in [0.3, 0.4) is 0 Å². The van der Waals surface area contributed by atoms with Crippen LogP contribution in [0.4, 0.5) is 5.69 Å². The summed E-state index contributed by atoms with van der Waals surface area (Å²) in [5.41, 5.74) is 4.66. The summed E-state index contributed by atoms with van der Waals surface area (Å²) >= 11 is 1.59. The first-order chi connectivity index (χ1) is 15.3. The van der Waals surface area contributed by atoms with Crippen LogP contribution in [0.5, 0.6) is 0 Å². The van der Waals surface area contributed by atoms with Crippen molar-refractivity contribution in [3.63, 3.8) is 0 Å². The molecule has 0 atom stereocenters. The van der Waals surface area contributed by atoms with Crippen LogP contribution in [0, 0.1) is 0 Å². The summed E-state index contributed by atoms with van der Waals surface area (Å²) in [4.78, 5) is 27.9. The summed E-state index contributed by atoms with van der Waals surface area (Å²) in [5.74, 6) is 0.0759. The lowest BCUT2D eigenvalue weighted by Gasteiger charge is -2.13. The molecule has 156 valence electrons. The van der Waals surface area contributed by atoms with Crippen LogP contribution in [0.2, 0.25) is 0 Å². The molecule has 0 spiro atoms. The largest absolute Gasteiger partial charge is 0.357 e. The monoisotopic (exact) mass is 429 g/mol. The van der Waals surface area contributed by atoms with Gasteiger partial charge in [0, 0.05) is 42.6 Å². The summed E-state index contributed by atoms with van der Waals surface area (Å²) in [6.07, 6.45) is 7.73. The Morgan fingerprint density at radius 2 is 1.97 bits per heavy atom. The van der Waals surface area contributed by atoms with Gasteiger partial charge in [0.2, 0.25) is 0 Å². The number of carbonyl (C=O) groups is 1. The molecule has 1 N–H and O–H groups in total. The van der Waals surface area contributed by atoms with E-state index in [1.54, 1.807) is 17.5 Å². The number of likely N-dealkylation sites (tertiary alicyclic amines) is 1. The second-order valence-corrected chi connectivity index (χ2v) is 8.44. The topological polar surface area (TPSA) is 66.3 Å². The molecular formula is C24H23N5OS. The summed E-state index contributed by atoms with van der Waals surface area (Å²) in [5, 5.41) is 2.10. The van der Waals surface area contributed by atoms with E-state index < -0.39 is 0 Å². The molecule has 0 bridgehead atoms. The van der Waals surface area contributed by atoms with Crippen molar-refractivity contribution in [3.8, 4) is 11.3 Å². The van der Waals surface area contributed by atoms with Crippen LogP contribution in [0.25, 0.3) is 11.3 Å². The van der Waals surface area contributed by atoms with Crippen LogP contribution < -0.4 is 4.80 Å². The van der Waals surface area contributed by atoms with Crippen molar-refractivity contribution < 1.29 is 4.79 Å². The first-order valence-corrected chi connectivity index (χ1v) is 11.3. The van der Waals surface area contributed by atoms with Gasteiger partial charge < -0.3 is 14.5 Å². The first-order valence-electron chi connectivity index (χ1n) is 10.4. The third-order valence-corrected chi connectivity index (χ3v) is 6.31. The number of para-hydroxylation sites is 1. The fourth-order valence-corrected chi connectivity index (χ4v) is 4.77. The van der Waals surface area contributed by atoms with E-state index in [4.69, 9.17) is 4.99 Å². The van der Waals surface area contributed by atoms with Gasteiger partial charge in [0.05, 0.1) is 17.9 Å². The molecule has 7 heteroatoms. The number of pyridine rings is 1. The van der Waals surface area contributed by atoms with Gasteiger partial charge in [-0.05, 0) is 42.7 Å². The van der Waals surface area contributed by atoms with E-state index in [1.165, 1.54) is 0 Å². The minimum atomic E-state index is 0.0759. The molecule has 0 unspecified atom stereocenters.